The van der Waals surface area contributed by atoms with Gasteiger partial charge in [0.25, 0.3) is 5.91 Å². The third-order valence-electron chi connectivity index (χ3n) is 5.42. The van der Waals surface area contributed by atoms with Gasteiger partial charge in [-0.3, -0.25) is 9.78 Å². The molecular formula is C23H22N4O3S. The van der Waals surface area contributed by atoms with E-state index < -0.39 is 0 Å². The molecule has 31 heavy (non-hydrogen) atoms. The van der Waals surface area contributed by atoms with Crippen LogP contribution in [0.3, 0.4) is 0 Å². The van der Waals surface area contributed by atoms with Crippen LogP contribution in [0, 0.1) is 6.92 Å². The maximum atomic E-state index is 13.1. The molecule has 0 unspecified atom stereocenters. The fourth-order valence-corrected chi connectivity index (χ4v) is 4.76. The molecule has 5 rings (SSSR count). The summed E-state index contributed by atoms with van der Waals surface area (Å²) in [4.78, 5) is 23.9. The van der Waals surface area contributed by atoms with E-state index >= 15 is 0 Å². The Morgan fingerprint density at radius 1 is 1.26 bits per heavy atom. The average Bonchev–Trinajstić information content (AvgIpc) is 3.43. The van der Waals surface area contributed by atoms with Crippen LogP contribution in [0.4, 0.5) is 0 Å². The molecule has 0 aliphatic carbocycles. The van der Waals surface area contributed by atoms with Gasteiger partial charge in [0.2, 0.25) is 0 Å². The van der Waals surface area contributed by atoms with Crippen LogP contribution in [-0.2, 0) is 6.61 Å². The van der Waals surface area contributed by atoms with Crippen molar-refractivity contribution < 1.29 is 14.1 Å². The van der Waals surface area contributed by atoms with Crippen LogP contribution in [0.5, 0.6) is 5.75 Å². The second-order valence-electron chi connectivity index (χ2n) is 7.59. The lowest BCUT2D eigenvalue weighted by Crippen LogP contribution is -2.39. The Hall–Kier alpha value is -3.26. The number of aromatic nitrogens is 3. The molecule has 1 saturated heterocycles. The van der Waals surface area contributed by atoms with E-state index in [4.69, 9.17) is 9.26 Å². The first-order valence-electron chi connectivity index (χ1n) is 10.3. The molecule has 8 heteroatoms. The number of carbonyl (C=O) groups is 1. The Morgan fingerprint density at radius 3 is 3.06 bits per heavy atom. The van der Waals surface area contributed by atoms with E-state index in [0.29, 0.717) is 23.7 Å². The number of rotatable bonds is 5. The number of amides is 1. The highest BCUT2D eigenvalue weighted by atomic mass is 32.1. The first-order valence-corrected chi connectivity index (χ1v) is 11.2. The summed E-state index contributed by atoms with van der Waals surface area (Å²) in [7, 11) is 0. The lowest BCUT2D eigenvalue weighted by atomic mass is 9.98. The second-order valence-corrected chi connectivity index (χ2v) is 8.83. The quantitative estimate of drug-likeness (QED) is 0.443. The molecule has 158 valence electrons. The predicted molar refractivity (Wildman–Crippen MR) is 117 cm³/mol. The van der Waals surface area contributed by atoms with Gasteiger partial charge in [0.1, 0.15) is 12.4 Å². The maximum absolute atomic E-state index is 13.1. The van der Waals surface area contributed by atoms with E-state index in [2.05, 4.69) is 15.1 Å². The van der Waals surface area contributed by atoms with Gasteiger partial charge in [-0.25, -0.2) is 4.98 Å². The number of nitrogens with zero attached hydrogens (tertiary/aromatic N) is 4. The van der Waals surface area contributed by atoms with Gasteiger partial charge in [-0.2, -0.15) is 0 Å². The van der Waals surface area contributed by atoms with Gasteiger partial charge < -0.3 is 14.2 Å². The van der Waals surface area contributed by atoms with Crippen LogP contribution in [0.1, 0.15) is 52.3 Å². The lowest BCUT2D eigenvalue weighted by molar-refractivity contribution is 0.0595. The monoisotopic (exact) mass is 434 g/mol. The minimum Gasteiger partial charge on any atom is -0.485 e. The normalized spacial score (nSPS) is 16.5. The highest BCUT2D eigenvalue weighted by Gasteiger charge is 2.31. The van der Waals surface area contributed by atoms with Gasteiger partial charge in [-0.15, -0.1) is 11.3 Å². The molecule has 1 aliphatic heterocycles. The second kappa shape index (κ2) is 8.47. The standard InChI is InChI=1S/C23H22N4O3S/c1-15-25-19-12-16(8-9-22(19)31-15)29-14-17-13-20(26-30-17)23(28)27-11-5-3-7-21(27)18-6-2-4-10-24-18/h2,4,6,8-10,12-13,21H,3,5,7,11,14H2,1H3/t21-/m1/s1. The molecule has 0 radical (unpaired) electrons. The van der Waals surface area contributed by atoms with Gasteiger partial charge >= 0.3 is 0 Å². The summed E-state index contributed by atoms with van der Waals surface area (Å²) in [5.74, 6) is 1.07. The molecule has 1 fully saturated rings. The first kappa shape index (κ1) is 19.7. The van der Waals surface area contributed by atoms with Crippen LogP contribution in [-0.4, -0.2) is 32.5 Å². The van der Waals surface area contributed by atoms with E-state index in [1.54, 1.807) is 23.6 Å². The van der Waals surface area contributed by atoms with Crippen molar-refractivity contribution in [2.75, 3.05) is 6.54 Å². The van der Waals surface area contributed by atoms with Crippen LogP contribution >= 0.6 is 11.3 Å². The zero-order valence-corrected chi connectivity index (χ0v) is 18.0. The molecule has 0 saturated carbocycles. The van der Waals surface area contributed by atoms with E-state index in [-0.39, 0.29) is 18.6 Å². The zero-order valence-electron chi connectivity index (χ0n) is 17.2. The molecule has 0 spiro atoms. The predicted octanol–water partition coefficient (Wildman–Crippen LogP) is 4.93. The van der Waals surface area contributed by atoms with Gasteiger partial charge in [-0.1, -0.05) is 11.2 Å². The summed E-state index contributed by atoms with van der Waals surface area (Å²) >= 11 is 1.65. The number of carbonyl (C=O) groups excluding carboxylic acids is 1. The minimum atomic E-state index is -0.135. The molecule has 1 aromatic carbocycles. The van der Waals surface area contributed by atoms with E-state index in [1.807, 2.05) is 48.2 Å². The van der Waals surface area contributed by atoms with Gasteiger partial charge in [0.05, 0.1) is 27.0 Å². The van der Waals surface area contributed by atoms with Crippen molar-refractivity contribution in [3.05, 3.63) is 70.8 Å². The molecule has 1 atom stereocenters. The SMILES string of the molecule is Cc1nc2cc(OCc3cc(C(=O)N4CCCC[C@@H]4c4ccccn4)no3)ccc2s1. The molecular weight excluding hydrogens is 412 g/mol. The Kier molecular flexibility index (Phi) is 5.38. The molecule has 1 aliphatic rings. The molecule has 7 nitrogen and oxygen atoms in total. The molecule has 1 amide bonds. The highest BCUT2D eigenvalue weighted by molar-refractivity contribution is 7.18. The number of aryl methyl sites for hydroxylation is 1. The molecule has 0 bridgehead atoms. The lowest BCUT2D eigenvalue weighted by Gasteiger charge is -2.34. The number of hydrogen-bond acceptors (Lipinski definition) is 7. The van der Waals surface area contributed by atoms with Crippen molar-refractivity contribution >= 4 is 27.5 Å². The van der Waals surface area contributed by atoms with Gasteiger partial charge in [-0.05, 0) is 50.5 Å². The number of benzene rings is 1. The number of hydrogen-bond donors (Lipinski definition) is 0. The first-order chi connectivity index (χ1) is 15.2. The van der Waals surface area contributed by atoms with Crippen LogP contribution in [0.2, 0.25) is 0 Å². The van der Waals surface area contributed by atoms with Crippen molar-refractivity contribution in [2.45, 2.75) is 38.8 Å². The summed E-state index contributed by atoms with van der Waals surface area (Å²) in [5, 5.41) is 5.03. The van der Waals surface area contributed by atoms with E-state index in [0.717, 1.165) is 40.2 Å². The Morgan fingerprint density at radius 2 is 2.19 bits per heavy atom. The number of fused-ring (bicyclic) bond motifs is 1. The van der Waals surface area contributed by atoms with Crippen molar-refractivity contribution in [1.29, 1.82) is 0 Å². The fourth-order valence-electron chi connectivity index (χ4n) is 3.95. The van der Waals surface area contributed by atoms with Crippen molar-refractivity contribution in [1.82, 2.24) is 20.0 Å². The van der Waals surface area contributed by atoms with Crippen LogP contribution < -0.4 is 4.74 Å². The number of thiazole rings is 1. The van der Waals surface area contributed by atoms with Crippen LogP contribution in [0.25, 0.3) is 10.2 Å². The van der Waals surface area contributed by atoms with Gasteiger partial charge in [0.15, 0.2) is 11.5 Å². The fraction of sp³-hybridized carbons (Fsp3) is 0.304. The molecule has 4 heterocycles. The summed E-state index contributed by atoms with van der Waals surface area (Å²) in [6.07, 6.45) is 4.71. The average molecular weight is 435 g/mol. The molecule has 0 N–H and O–H groups in total. The Balaban J connectivity index is 1.28. The van der Waals surface area contributed by atoms with Crippen molar-refractivity contribution in [2.24, 2.45) is 0 Å². The smallest absolute Gasteiger partial charge is 0.276 e. The van der Waals surface area contributed by atoms with E-state index in [9.17, 15) is 4.79 Å². The maximum Gasteiger partial charge on any atom is 0.276 e. The topological polar surface area (TPSA) is 81.4 Å². The summed E-state index contributed by atoms with van der Waals surface area (Å²) in [6.45, 7) is 2.86. The highest BCUT2D eigenvalue weighted by Crippen LogP contribution is 2.31. The molecule has 4 aromatic rings. The van der Waals surface area contributed by atoms with E-state index in [1.165, 1.54) is 0 Å². The third-order valence-corrected chi connectivity index (χ3v) is 6.37. The number of pyridine rings is 1. The number of likely N-dealkylation sites (tertiary alicyclic amines) is 1. The van der Waals surface area contributed by atoms with Crippen molar-refractivity contribution in [3.8, 4) is 5.75 Å². The third kappa shape index (κ3) is 4.16. The number of piperidine rings is 1. The number of ether oxygens (including phenoxy) is 1. The zero-order chi connectivity index (χ0) is 21.2. The summed E-state index contributed by atoms with van der Waals surface area (Å²) in [5.41, 5.74) is 2.13. The largest absolute Gasteiger partial charge is 0.485 e. The Bertz CT molecular complexity index is 1200. The Labute approximate surface area is 183 Å². The molecule has 3 aromatic heterocycles. The summed E-state index contributed by atoms with van der Waals surface area (Å²) in [6, 6.07) is 13.3. The summed E-state index contributed by atoms with van der Waals surface area (Å²) < 4.78 is 12.3. The van der Waals surface area contributed by atoms with Gasteiger partial charge in [0, 0.05) is 24.9 Å². The minimum absolute atomic E-state index is 0.0351. The van der Waals surface area contributed by atoms with Crippen molar-refractivity contribution in [3.63, 3.8) is 0 Å². The van der Waals surface area contributed by atoms with Crippen LogP contribution in [0.15, 0.2) is 53.2 Å².